The first kappa shape index (κ1) is 8.56. The van der Waals surface area contributed by atoms with Crippen molar-refractivity contribution >= 4 is 0 Å². The van der Waals surface area contributed by atoms with Crippen molar-refractivity contribution in [1.82, 2.24) is 4.98 Å². The smallest absolute Gasteiger partial charge is 0.0684 e. The lowest BCUT2D eigenvalue weighted by Gasteiger charge is -1.97. The minimum Gasteiger partial charge on any atom is -0.258 e. The highest BCUT2D eigenvalue weighted by Gasteiger charge is 1.93. The van der Waals surface area contributed by atoms with Gasteiger partial charge in [-0.2, -0.15) is 0 Å². The van der Waals surface area contributed by atoms with Gasteiger partial charge < -0.3 is 0 Å². The van der Waals surface area contributed by atoms with Crippen molar-refractivity contribution < 1.29 is 0 Å². The largest absolute Gasteiger partial charge is 0.258 e. The summed E-state index contributed by atoms with van der Waals surface area (Å²) in [5.74, 6) is 0. The lowest BCUT2D eigenvalue weighted by atomic mass is 10.2. The van der Waals surface area contributed by atoms with Gasteiger partial charge in [0, 0.05) is 16.3 Å². The molecule has 0 saturated heterocycles. The van der Waals surface area contributed by atoms with Gasteiger partial charge in [0.25, 0.3) is 0 Å². The summed E-state index contributed by atoms with van der Waals surface area (Å²) in [5.41, 5.74) is 9.94. The number of nitrogens with zero attached hydrogens (tertiary/aromatic N) is 4. The molecule has 4 nitrogen and oxygen atoms in total. The van der Waals surface area contributed by atoms with Crippen LogP contribution in [0.3, 0.4) is 0 Å². The van der Waals surface area contributed by atoms with Crippen LogP contribution in [0.15, 0.2) is 23.3 Å². The Morgan fingerprint density at radius 3 is 2.92 bits per heavy atom. The predicted octanol–water partition coefficient (Wildman–Crippen LogP) is 2.45. The van der Waals surface area contributed by atoms with Crippen LogP contribution in [0.1, 0.15) is 18.3 Å². The molecule has 0 atom stereocenters. The lowest BCUT2D eigenvalue weighted by molar-refractivity contribution is 0.925. The SMILES string of the molecule is CCc1cccc(CN=[N+]=[N-])n1. The molecule has 0 fully saturated rings. The average Bonchev–Trinajstić information content (AvgIpc) is 2.15. The molecule has 0 aliphatic rings. The minimum absolute atomic E-state index is 0.338. The van der Waals surface area contributed by atoms with Gasteiger partial charge in [-0.25, -0.2) is 0 Å². The van der Waals surface area contributed by atoms with Gasteiger partial charge in [-0.1, -0.05) is 18.1 Å². The van der Waals surface area contributed by atoms with Crippen LogP contribution in [0.4, 0.5) is 0 Å². The molecule has 1 aromatic rings. The molecule has 1 heterocycles. The summed E-state index contributed by atoms with van der Waals surface area (Å²) in [5, 5.41) is 3.44. The fourth-order valence-corrected chi connectivity index (χ4v) is 0.918. The van der Waals surface area contributed by atoms with Gasteiger partial charge in [0.15, 0.2) is 0 Å². The van der Waals surface area contributed by atoms with E-state index in [2.05, 4.69) is 15.0 Å². The molecule has 0 amide bonds. The standard InChI is InChI=1S/C8H10N4/c1-2-7-4-3-5-8(11-7)6-10-12-9/h3-5H,2,6H2,1H3. The molecule has 0 aliphatic heterocycles. The monoisotopic (exact) mass is 162 g/mol. The van der Waals surface area contributed by atoms with Crippen LogP contribution in [0.2, 0.25) is 0 Å². The molecule has 12 heavy (non-hydrogen) atoms. The van der Waals surface area contributed by atoms with Crippen LogP contribution in [-0.2, 0) is 13.0 Å². The normalized spacial score (nSPS) is 9.08. The van der Waals surface area contributed by atoms with Gasteiger partial charge in [0.05, 0.1) is 6.54 Å². The second kappa shape index (κ2) is 4.36. The molecule has 0 unspecified atom stereocenters. The number of hydrogen-bond donors (Lipinski definition) is 0. The van der Waals surface area contributed by atoms with E-state index in [4.69, 9.17) is 5.53 Å². The highest BCUT2D eigenvalue weighted by atomic mass is 15.1. The summed E-state index contributed by atoms with van der Waals surface area (Å²) in [6, 6.07) is 5.74. The Morgan fingerprint density at radius 1 is 1.50 bits per heavy atom. The highest BCUT2D eigenvalue weighted by molar-refractivity contribution is 5.10. The first-order valence-electron chi connectivity index (χ1n) is 3.82. The van der Waals surface area contributed by atoms with Crippen molar-refractivity contribution in [1.29, 1.82) is 0 Å². The van der Waals surface area contributed by atoms with Gasteiger partial charge in [-0.05, 0) is 24.1 Å². The molecule has 0 aromatic carbocycles. The third kappa shape index (κ3) is 2.25. The van der Waals surface area contributed by atoms with E-state index in [0.717, 1.165) is 17.8 Å². The number of aryl methyl sites for hydroxylation is 1. The number of pyridine rings is 1. The zero-order valence-electron chi connectivity index (χ0n) is 6.94. The van der Waals surface area contributed by atoms with Crippen LogP contribution in [0.25, 0.3) is 10.4 Å². The summed E-state index contributed by atoms with van der Waals surface area (Å²) < 4.78 is 0. The molecule has 1 aromatic heterocycles. The third-order valence-electron chi connectivity index (χ3n) is 1.52. The van der Waals surface area contributed by atoms with E-state index >= 15 is 0 Å². The van der Waals surface area contributed by atoms with Crippen LogP contribution in [0, 0.1) is 0 Å². The Kier molecular flexibility index (Phi) is 3.11. The molecule has 0 N–H and O–H groups in total. The van der Waals surface area contributed by atoms with Crippen molar-refractivity contribution in [2.75, 3.05) is 0 Å². The zero-order valence-corrected chi connectivity index (χ0v) is 6.94. The van der Waals surface area contributed by atoms with E-state index < -0.39 is 0 Å². The Morgan fingerprint density at radius 2 is 2.25 bits per heavy atom. The van der Waals surface area contributed by atoms with Gasteiger partial charge in [0.2, 0.25) is 0 Å². The quantitative estimate of drug-likeness (QED) is 0.382. The van der Waals surface area contributed by atoms with Crippen molar-refractivity contribution in [2.45, 2.75) is 19.9 Å². The number of aromatic nitrogens is 1. The Bertz CT molecular complexity index is 302. The predicted molar refractivity (Wildman–Crippen MR) is 46.5 cm³/mol. The van der Waals surface area contributed by atoms with Crippen molar-refractivity contribution in [3.05, 3.63) is 40.0 Å². The van der Waals surface area contributed by atoms with E-state index in [0.29, 0.717) is 6.54 Å². The fourth-order valence-electron chi connectivity index (χ4n) is 0.918. The zero-order chi connectivity index (χ0) is 8.81. The van der Waals surface area contributed by atoms with E-state index in [9.17, 15) is 0 Å². The van der Waals surface area contributed by atoms with E-state index in [1.165, 1.54) is 0 Å². The molecule has 0 aliphatic carbocycles. The molecule has 0 saturated carbocycles. The molecule has 4 heteroatoms. The van der Waals surface area contributed by atoms with Crippen molar-refractivity contribution in [3.8, 4) is 0 Å². The number of azide groups is 1. The average molecular weight is 162 g/mol. The molecule has 0 spiro atoms. The van der Waals surface area contributed by atoms with Crippen LogP contribution in [0.5, 0.6) is 0 Å². The maximum absolute atomic E-state index is 8.08. The minimum atomic E-state index is 0.338. The lowest BCUT2D eigenvalue weighted by Crippen LogP contribution is -1.91. The molecule has 0 bridgehead atoms. The van der Waals surface area contributed by atoms with Gasteiger partial charge >= 0.3 is 0 Å². The molecule has 1 rings (SSSR count). The number of rotatable bonds is 3. The summed E-state index contributed by atoms with van der Waals surface area (Å²) in [4.78, 5) is 6.94. The third-order valence-corrected chi connectivity index (χ3v) is 1.52. The topological polar surface area (TPSA) is 61.7 Å². The first-order valence-corrected chi connectivity index (χ1v) is 3.82. The van der Waals surface area contributed by atoms with Gasteiger partial charge in [-0.3, -0.25) is 4.98 Å². The summed E-state index contributed by atoms with van der Waals surface area (Å²) in [7, 11) is 0. The second-order valence-corrected chi connectivity index (χ2v) is 2.36. The second-order valence-electron chi connectivity index (χ2n) is 2.36. The Labute approximate surface area is 70.9 Å². The molecule has 0 radical (unpaired) electrons. The first-order chi connectivity index (χ1) is 5.86. The maximum Gasteiger partial charge on any atom is 0.0684 e. The van der Waals surface area contributed by atoms with Crippen LogP contribution < -0.4 is 0 Å². The van der Waals surface area contributed by atoms with Crippen molar-refractivity contribution in [2.24, 2.45) is 5.11 Å². The molecular weight excluding hydrogens is 152 g/mol. The summed E-state index contributed by atoms with van der Waals surface area (Å²) in [6.45, 7) is 2.38. The van der Waals surface area contributed by atoms with Crippen LogP contribution >= 0.6 is 0 Å². The van der Waals surface area contributed by atoms with Gasteiger partial charge in [-0.15, -0.1) is 0 Å². The maximum atomic E-state index is 8.08. The Hall–Kier alpha value is -1.54. The highest BCUT2D eigenvalue weighted by Crippen LogP contribution is 2.01. The van der Waals surface area contributed by atoms with Crippen LogP contribution in [-0.4, -0.2) is 4.98 Å². The molecule has 62 valence electrons. The fraction of sp³-hybridized carbons (Fsp3) is 0.375. The van der Waals surface area contributed by atoms with Gasteiger partial charge in [0.1, 0.15) is 0 Å². The van der Waals surface area contributed by atoms with E-state index in [1.54, 1.807) is 0 Å². The number of hydrogen-bond acceptors (Lipinski definition) is 2. The Balaban J connectivity index is 2.78. The van der Waals surface area contributed by atoms with Crippen molar-refractivity contribution in [3.63, 3.8) is 0 Å². The van der Waals surface area contributed by atoms with E-state index in [1.807, 2.05) is 25.1 Å². The summed E-state index contributed by atoms with van der Waals surface area (Å²) >= 11 is 0. The summed E-state index contributed by atoms with van der Waals surface area (Å²) in [6.07, 6.45) is 0.907. The molecular formula is C8H10N4. The van der Waals surface area contributed by atoms with E-state index in [-0.39, 0.29) is 0 Å².